The zero-order valence-corrected chi connectivity index (χ0v) is 12.2. The standard InChI is InChI=1S/C14H7Br2O2/c15-10-7-11(14(18)12(16)8-10)13(17)6-5-9-3-1-2-4-9/h1-4,7-8,18H. The van der Waals surface area contributed by atoms with Crippen LogP contribution in [-0.2, 0) is 0 Å². The summed E-state index contributed by atoms with van der Waals surface area (Å²) in [6, 6.07) is 3.21. The van der Waals surface area contributed by atoms with Gasteiger partial charge in [0.05, 0.1) is 16.0 Å². The van der Waals surface area contributed by atoms with E-state index in [4.69, 9.17) is 0 Å². The topological polar surface area (TPSA) is 37.3 Å². The molecule has 0 aliphatic heterocycles. The quantitative estimate of drug-likeness (QED) is 0.469. The summed E-state index contributed by atoms with van der Waals surface area (Å²) in [5, 5.41) is 9.79. The van der Waals surface area contributed by atoms with Crippen LogP contribution in [0, 0.1) is 43.4 Å². The molecule has 1 aromatic carbocycles. The first-order valence-electron chi connectivity index (χ1n) is 5.04. The van der Waals surface area contributed by atoms with Gasteiger partial charge in [-0.15, -0.1) is 0 Å². The van der Waals surface area contributed by atoms with Crippen LogP contribution in [0.3, 0.4) is 0 Å². The van der Waals surface area contributed by atoms with E-state index in [9.17, 15) is 9.90 Å². The van der Waals surface area contributed by atoms with E-state index in [1.54, 1.807) is 12.1 Å². The van der Waals surface area contributed by atoms with E-state index in [0.717, 1.165) is 5.92 Å². The van der Waals surface area contributed by atoms with Gasteiger partial charge in [-0.05, 0) is 59.7 Å². The van der Waals surface area contributed by atoms with Crippen molar-refractivity contribution < 1.29 is 9.90 Å². The van der Waals surface area contributed by atoms with Crippen molar-refractivity contribution in [3.05, 3.63) is 58.2 Å². The van der Waals surface area contributed by atoms with Crippen LogP contribution in [0.5, 0.6) is 5.75 Å². The van der Waals surface area contributed by atoms with Crippen molar-refractivity contribution in [3.8, 4) is 17.6 Å². The van der Waals surface area contributed by atoms with Crippen molar-refractivity contribution in [2.24, 2.45) is 0 Å². The lowest BCUT2D eigenvalue weighted by Gasteiger charge is -2.03. The lowest BCUT2D eigenvalue weighted by molar-refractivity contribution is 0.105. The molecule has 0 unspecified atom stereocenters. The third kappa shape index (κ3) is 3.15. The molecule has 2 nitrogen and oxygen atoms in total. The number of ketones is 1. The maximum Gasteiger partial charge on any atom is 0.239 e. The Morgan fingerprint density at radius 1 is 1.17 bits per heavy atom. The maximum absolute atomic E-state index is 11.9. The molecule has 1 aromatic rings. The highest BCUT2D eigenvalue weighted by Gasteiger charge is 2.16. The van der Waals surface area contributed by atoms with Gasteiger partial charge >= 0.3 is 0 Å². The molecular formula is C14H7Br2O2. The molecule has 1 aliphatic carbocycles. The summed E-state index contributed by atoms with van der Waals surface area (Å²) < 4.78 is 1.15. The number of hydrogen-bond donors (Lipinski definition) is 1. The van der Waals surface area contributed by atoms with E-state index in [-0.39, 0.29) is 11.3 Å². The maximum atomic E-state index is 11.9. The Morgan fingerprint density at radius 2 is 1.83 bits per heavy atom. The summed E-state index contributed by atoms with van der Waals surface area (Å²) in [5.74, 6) is 5.51. The van der Waals surface area contributed by atoms with Crippen LogP contribution in [0.25, 0.3) is 0 Å². The molecule has 1 aliphatic rings. The van der Waals surface area contributed by atoms with Gasteiger partial charge in [0.1, 0.15) is 5.75 Å². The van der Waals surface area contributed by atoms with Gasteiger partial charge in [0.15, 0.2) is 0 Å². The summed E-state index contributed by atoms with van der Waals surface area (Å²) in [6.45, 7) is 0. The second kappa shape index (κ2) is 5.90. The first kappa shape index (κ1) is 13.6. The molecule has 0 bridgehead atoms. The number of rotatable bonds is 1. The van der Waals surface area contributed by atoms with E-state index < -0.39 is 5.78 Å². The van der Waals surface area contributed by atoms with E-state index in [0.29, 0.717) is 8.95 Å². The molecule has 2 rings (SSSR count). The fraction of sp³-hybridized carbons (Fsp3) is 0. The predicted octanol–water partition coefficient (Wildman–Crippen LogP) is 3.51. The third-order valence-corrected chi connectivity index (χ3v) is 3.32. The van der Waals surface area contributed by atoms with Crippen LogP contribution < -0.4 is 0 Å². The summed E-state index contributed by atoms with van der Waals surface area (Å²) in [5.41, 5.74) is 0.176. The van der Waals surface area contributed by atoms with Gasteiger partial charge in [0.2, 0.25) is 5.78 Å². The van der Waals surface area contributed by atoms with Crippen molar-refractivity contribution in [1.29, 1.82) is 0 Å². The van der Waals surface area contributed by atoms with E-state index in [1.807, 2.05) is 25.7 Å². The van der Waals surface area contributed by atoms with Gasteiger partial charge in [-0.25, -0.2) is 0 Å². The van der Waals surface area contributed by atoms with Crippen LogP contribution >= 0.6 is 31.9 Å². The number of Topliss-reactive ketones (excluding diaryl/α,β-unsaturated/α-hetero) is 1. The van der Waals surface area contributed by atoms with Crippen LogP contribution in [0.1, 0.15) is 10.4 Å². The molecule has 0 saturated heterocycles. The van der Waals surface area contributed by atoms with Gasteiger partial charge in [-0.2, -0.15) is 0 Å². The van der Waals surface area contributed by atoms with E-state index >= 15 is 0 Å². The predicted molar refractivity (Wildman–Crippen MR) is 76.1 cm³/mol. The van der Waals surface area contributed by atoms with Crippen molar-refractivity contribution in [3.63, 3.8) is 0 Å². The summed E-state index contributed by atoms with van der Waals surface area (Å²) in [4.78, 5) is 11.9. The summed E-state index contributed by atoms with van der Waals surface area (Å²) in [6.07, 6.45) is 7.33. The fourth-order valence-electron chi connectivity index (χ4n) is 1.39. The molecule has 5 radical (unpaired) electrons. The minimum Gasteiger partial charge on any atom is -0.506 e. The van der Waals surface area contributed by atoms with Crippen molar-refractivity contribution in [2.75, 3.05) is 0 Å². The van der Waals surface area contributed by atoms with Crippen molar-refractivity contribution >= 4 is 37.6 Å². The first-order valence-corrected chi connectivity index (χ1v) is 6.62. The van der Waals surface area contributed by atoms with Crippen LogP contribution in [0.4, 0.5) is 0 Å². The van der Waals surface area contributed by atoms with Crippen molar-refractivity contribution in [1.82, 2.24) is 0 Å². The highest BCUT2D eigenvalue weighted by Crippen LogP contribution is 2.32. The third-order valence-electron chi connectivity index (χ3n) is 2.26. The SMILES string of the molecule is O=C(C#C[C]1[CH][CH][CH][CH]1)c1cc(Br)cc(Br)c1O. The monoisotopic (exact) mass is 365 g/mol. The molecule has 0 aromatic heterocycles. The van der Waals surface area contributed by atoms with Crippen LogP contribution in [0.2, 0.25) is 0 Å². The molecule has 4 heteroatoms. The van der Waals surface area contributed by atoms with Crippen LogP contribution in [-0.4, -0.2) is 10.9 Å². The number of halogens is 2. The number of aromatic hydroxyl groups is 1. The second-order valence-electron chi connectivity index (χ2n) is 3.54. The van der Waals surface area contributed by atoms with Gasteiger partial charge in [0, 0.05) is 4.47 Å². The first-order chi connectivity index (χ1) is 8.58. The van der Waals surface area contributed by atoms with Gasteiger partial charge in [-0.3, -0.25) is 4.79 Å². The molecular weight excluding hydrogens is 360 g/mol. The molecule has 0 heterocycles. The Balaban J connectivity index is 2.23. The van der Waals surface area contributed by atoms with E-state index in [2.05, 4.69) is 43.7 Å². The zero-order valence-electron chi connectivity index (χ0n) is 9.08. The lowest BCUT2D eigenvalue weighted by Crippen LogP contribution is -1.97. The molecule has 0 amide bonds. The normalized spacial score (nSPS) is 15.2. The number of phenolic OH excluding ortho intramolecular Hbond substituents is 1. The minimum atomic E-state index is -0.421. The Morgan fingerprint density at radius 3 is 2.50 bits per heavy atom. The molecule has 1 N–H and O–H groups in total. The second-order valence-corrected chi connectivity index (χ2v) is 5.31. The number of hydrogen-bond acceptors (Lipinski definition) is 2. The lowest BCUT2D eigenvalue weighted by atomic mass is 10.1. The van der Waals surface area contributed by atoms with Crippen molar-refractivity contribution in [2.45, 2.75) is 0 Å². The Labute approximate surface area is 123 Å². The summed E-state index contributed by atoms with van der Waals surface area (Å²) in [7, 11) is 0. The average Bonchev–Trinajstić information content (AvgIpc) is 2.83. The number of carbonyl (C=O) groups is 1. The smallest absolute Gasteiger partial charge is 0.239 e. The largest absolute Gasteiger partial charge is 0.506 e. The molecule has 0 spiro atoms. The molecule has 89 valence electrons. The average molecular weight is 367 g/mol. The highest BCUT2D eigenvalue weighted by atomic mass is 79.9. The van der Waals surface area contributed by atoms with Gasteiger partial charge in [-0.1, -0.05) is 21.9 Å². The Kier molecular flexibility index (Phi) is 4.47. The molecule has 1 fully saturated rings. The summed E-state index contributed by atoms with van der Waals surface area (Å²) >= 11 is 6.44. The van der Waals surface area contributed by atoms with Crippen LogP contribution in [0.15, 0.2) is 21.1 Å². The zero-order chi connectivity index (χ0) is 13.1. The molecule has 1 saturated carbocycles. The Bertz CT molecular complexity index is 535. The fourth-order valence-corrected chi connectivity index (χ4v) is 2.62. The number of carbonyl (C=O) groups excluding carboxylic acids is 1. The molecule has 0 atom stereocenters. The number of phenols is 1. The highest BCUT2D eigenvalue weighted by molar-refractivity contribution is 9.11. The molecule has 18 heavy (non-hydrogen) atoms. The van der Waals surface area contributed by atoms with Gasteiger partial charge in [0.25, 0.3) is 0 Å². The van der Waals surface area contributed by atoms with E-state index in [1.165, 1.54) is 0 Å². The number of benzene rings is 1. The van der Waals surface area contributed by atoms with Gasteiger partial charge < -0.3 is 5.11 Å². The minimum absolute atomic E-state index is 0.0972. The Hall–Kier alpha value is -0.790.